The van der Waals surface area contributed by atoms with Crippen molar-refractivity contribution in [2.45, 2.75) is 25.9 Å². The van der Waals surface area contributed by atoms with Gasteiger partial charge in [-0.3, -0.25) is 9.59 Å². The SMILES string of the molecule is CC(C)[C@H](N)C(=O)NCC(=O)NC(c1ccccc1)c1ccc(F)cc1. The van der Waals surface area contributed by atoms with Gasteiger partial charge in [0, 0.05) is 0 Å². The van der Waals surface area contributed by atoms with E-state index in [4.69, 9.17) is 5.73 Å². The number of nitrogens with one attached hydrogen (secondary N) is 2. The zero-order valence-corrected chi connectivity index (χ0v) is 14.9. The monoisotopic (exact) mass is 357 g/mol. The minimum atomic E-state index is -0.662. The van der Waals surface area contributed by atoms with Crippen molar-refractivity contribution in [3.8, 4) is 0 Å². The van der Waals surface area contributed by atoms with Crippen molar-refractivity contribution < 1.29 is 14.0 Å². The first-order valence-corrected chi connectivity index (χ1v) is 8.51. The van der Waals surface area contributed by atoms with E-state index in [2.05, 4.69) is 10.6 Å². The molecule has 5 nitrogen and oxygen atoms in total. The number of carbonyl (C=O) groups excluding carboxylic acids is 2. The molecule has 138 valence electrons. The van der Waals surface area contributed by atoms with Gasteiger partial charge in [-0.25, -0.2) is 4.39 Å². The zero-order valence-electron chi connectivity index (χ0n) is 14.9. The number of hydrogen-bond acceptors (Lipinski definition) is 3. The van der Waals surface area contributed by atoms with Crippen LogP contribution in [-0.4, -0.2) is 24.4 Å². The van der Waals surface area contributed by atoms with Crippen LogP contribution in [0.25, 0.3) is 0 Å². The largest absolute Gasteiger partial charge is 0.346 e. The van der Waals surface area contributed by atoms with E-state index in [-0.39, 0.29) is 30.1 Å². The first kappa shape index (κ1) is 19.6. The van der Waals surface area contributed by atoms with E-state index in [9.17, 15) is 14.0 Å². The number of hydrogen-bond donors (Lipinski definition) is 3. The molecule has 2 aromatic carbocycles. The van der Waals surface area contributed by atoms with Crippen LogP contribution >= 0.6 is 0 Å². The van der Waals surface area contributed by atoms with E-state index in [1.807, 2.05) is 44.2 Å². The molecule has 0 radical (unpaired) electrons. The number of amides is 2. The summed E-state index contributed by atoms with van der Waals surface area (Å²) >= 11 is 0. The molecule has 6 heteroatoms. The summed E-state index contributed by atoms with van der Waals surface area (Å²) in [7, 11) is 0. The average Bonchev–Trinajstić information content (AvgIpc) is 2.65. The fourth-order valence-corrected chi connectivity index (χ4v) is 2.46. The van der Waals surface area contributed by atoms with E-state index in [0.29, 0.717) is 0 Å². The van der Waals surface area contributed by atoms with Gasteiger partial charge in [-0.1, -0.05) is 56.3 Å². The summed E-state index contributed by atoms with van der Waals surface area (Å²) in [5.41, 5.74) is 7.37. The van der Waals surface area contributed by atoms with Gasteiger partial charge in [0.25, 0.3) is 0 Å². The maximum absolute atomic E-state index is 13.2. The van der Waals surface area contributed by atoms with E-state index in [1.54, 1.807) is 12.1 Å². The van der Waals surface area contributed by atoms with Crippen molar-refractivity contribution >= 4 is 11.8 Å². The molecule has 2 aromatic rings. The third-order valence-electron chi connectivity index (χ3n) is 4.09. The van der Waals surface area contributed by atoms with Gasteiger partial charge in [-0.2, -0.15) is 0 Å². The number of rotatable bonds is 7. The van der Waals surface area contributed by atoms with E-state index in [1.165, 1.54) is 12.1 Å². The van der Waals surface area contributed by atoms with Crippen molar-refractivity contribution in [2.24, 2.45) is 11.7 Å². The second kappa shape index (κ2) is 9.10. The second-order valence-electron chi connectivity index (χ2n) is 6.45. The summed E-state index contributed by atoms with van der Waals surface area (Å²) in [6.45, 7) is 3.50. The average molecular weight is 357 g/mol. The number of nitrogens with two attached hydrogens (primary N) is 1. The molecule has 0 aliphatic rings. The Bertz CT molecular complexity index is 732. The molecule has 0 bridgehead atoms. The fourth-order valence-electron chi connectivity index (χ4n) is 2.46. The van der Waals surface area contributed by atoms with Crippen LogP contribution in [0.2, 0.25) is 0 Å². The van der Waals surface area contributed by atoms with Gasteiger partial charge in [0.15, 0.2) is 0 Å². The first-order valence-electron chi connectivity index (χ1n) is 8.51. The lowest BCUT2D eigenvalue weighted by Gasteiger charge is -2.21. The van der Waals surface area contributed by atoms with Crippen LogP contribution in [-0.2, 0) is 9.59 Å². The maximum Gasteiger partial charge on any atom is 0.240 e. The molecule has 0 heterocycles. The predicted molar refractivity (Wildman–Crippen MR) is 98.7 cm³/mol. The number of benzene rings is 2. The van der Waals surface area contributed by atoms with Crippen LogP contribution in [0, 0.1) is 11.7 Å². The highest BCUT2D eigenvalue weighted by molar-refractivity contribution is 5.87. The molecule has 2 atom stereocenters. The zero-order chi connectivity index (χ0) is 19.1. The quantitative estimate of drug-likeness (QED) is 0.710. The first-order chi connectivity index (χ1) is 12.4. The maximum atomic E-state index is 13.2. The standard InChI is InChI=1S/C20H24FN3O2/c1-13(2)18(22)20(26)23-12-17(25)24-19(14-6-4-3-5-7-14)15-8-10-16(21)11-9-15/h3-11,13,18-19H,12,22H2,1-2H3,(H,23,26)(H,24,25)/t18-,19?/m0/s1. The number of halogens is 1. The Kier molecular flexibility index (Phi) is 6.86. The highest BCUT2D eigenvalue weighted by atomic mass is 19.1. The molecule has 26 heavy (non-hydrogen) atoms. The van der Waals surface area contributed by atoms with Gasteiger partial charge in [0.05, 0.1) is 18.6 Å². The van der Waals surface area contributed by atoms with Gasteiger partial charge >= 0.3 is 0 Å². The Morgan fingerprint density at radius 1 is 1.00 bits per heavy atom. The van der Waals surface area contributed by atoms with Crippen LogP contribution in [0.1, 0.15) is 31.0 Å². The minimum Gasteiger partial charge on any atom is -0.346 e. The van der Waals surface area contributed by atoms with Gasteiger partial charge in [-0.15, -0.1) is 0 Å². The van der Waals surface area contributed by atoms with Crippen LogP contribution in [0.3, 0.4) is 0 Å². The van der Waals surface area contributed by atoms with Crippen molar-refractivity contribution in [3.63, 3.8) is 0 Å². The lowest BCUT2D eigenvalue weighted by Crippen LogP contribution is -2.47. The second-order valence-corrected chi connectivity index (χ2v) is 6.45. The van der Waals surface area contributed by atoms with Gasteiger partial charge in [-0.05, 0) is 29.2 Å². The molecule has 4 N–H and O–H groups in total. The van der Waals surface area contributed by atoms with Crippen LogP contribution < -0.4 is 16.4 Å². The summed E-state index contributed by atoms with van der Waals surface area (Å²) in [6, 6.07) is 14.2. The topological polar surface area (TPSA) is 84.2 Å². The van der Waals surface area contributed by atoms with Crippen LogP contribution in [0.5, 0.6) is 0 Å². The molecule has 0 spiro atoms. The molecule has 0 aliphatic carbocycles. The summed E-state index contributed by atoms with van der Waals surface area (Å²) in [4.78, 5) is 24.2. The van der Waals surface area contributed by atoms with E-state index < -0.39 is 12.1 Å². The van der Waals surface area contributed by atoms with E-state index in [0.717, 1.165) is 11.1 Å². The molecule has 0 saturated heterocycles. The van der Waals surface area contributed by atoms with E-state index >= 15 is 0 Å². The summed E-state index contributed by atoms with van der Waals surface area (Å²) in [5, 5.41) is 5.42. The van der Waals surface area contributed by atoms with Crippen molar-refractivity contribution in [1.82, 2.24) is 10.6 Å². The third-order valence-corrected chi connectivity index (χ3v) is 4.09. The predicted octanol–water partition coefficient (Wildman–Crippen LogP) is 2.13. The van der Waals surface area contributed by atoms with Gasteiger partial charge in [0.1, 0.15) is 5.82 Å². The highest BCUT2D eigenvalue weighted by Crippen LogP contribution is 2.22. The van der Waals surface area contributed by atoms with Crippen LogP contribution in [0.15, 0.2) is 54.6 Å². The molecule has 0 aromatic heterocycles. The Hall–Kier alpha value is -2.73. The molecule has 2 amide bonds. The lowest BCUT2D eigenvalue weighted by atomic mass is 9.98. The molecular formula is C20H24FN3O2. The highest BCUT2D eigenvalue weighted by Gasteiger charge is 2.20. The Balaban J connectivity index is 2.08. The van der Waals surface area contributed by atoms with Crippen LogP contribution in [0.4, 0.5) is 4.39 Å². The molecule has 0 saturated carbocycles. The Morgan fingerprint density at radius 3 is 2.15 bits per heavy atom. The summed E-state index contributed by atoms with van der Waals surface area (Å²) in [5.74, 6) is -1.09. The molecule has 0 fully saturated rings. The fraction of sp³-hybridized carbons (Fsp3) is 0.300. The third kappa shape index (κ3) is 5.39. The summed E-state index contributed by atoms with van der Waals surface area (Å²) < 4.78 is 13.2. The number of carbonyl (C=O) groups is 2. The van der Waals surface area contributed by atoms with Crippen molar-refractivity contribution in [2.75, 3.05) is 6.54 Å². The molecule has 0 aliphatic heterocycles. The smallest absolute Gasteiger partial charge is 0.240 e. The van der Waals surface area contributed by atoms with Gasteiger partial charge in [0.2, 0.25) is 11.8 Å². The Morgan fingerprint density at radius 2 is 1.58 bits per heavy atom. The summed E-state index contributed by atoms with van der Waals surface area (Å²) in [6.07, 6.45) is 0. The van der Waals surface area contributed by atoms with Gasteiger partial charge < -0.3 is 16.4 Å². The minimum absolute atomic E-state index is 0.0191. The molecule has 2 rings (SSSR count). The molecule has 1 unspecified atom stereocenters. The van der Waals surface area contributed by atoms with Crippen molar-refractivity contribution in [3.05, 3.63) is 71.5 Å². The normalized spacial score (nSPS) is 13.1. The Labute approximate surface area is 152 Å². The lowest BCUT2D eigenvalue weighted by molar-refractivity contribution is -0.127. The molecular weight excluding hydrogens is 333 g/mol. The van der Waals surface area contributed by atoms with Crippen molar-refractivity contribution in [1.29, 1.82) is 0 Å².